The first-order valence-electron chi connectivity index (χ1n) is 9.35. The van der Waals surface area contributed by atoms with Gasteiger partial charge in [-0.15, -0.1) is 0 Å². The average Bonchev–Trinajstić information content (AvgIpc) is 3.33. The van der Waals surface area contributed by atoms with Crippen molar-refractivity contribution in [1.82, 2.24) is 15.1 Å². The van der Waals surface area contributed by atoms with Gasteiger partial charge in [-0.05, 0) is 43.2 Å². The number of nitrogens with zero attached hydrogens (tertiary/aromatic N) is 3. The number of amides is 1. The summed E-state index contributed by atoms with van der Waals surface area (Å²) in [6.07, 6.45) is 7.91. The molecular weight excluding hydrogens is 312 g/mol. The number of carbonyl (C=O) groups is 1. The van der Waals surface area contributed by atoms with E-state index in [1.165, 1.54) is 29.7 Å². The maximum Gasteiger partial charge on any atom is 0.223 e. The van der Waals surface area contributed by atoms with Gasteiger partial charge in [0.15, 0.2) is 0 Å². The number of nitrogens with one attached hydrogen (secondary N) is 1. The molecule has 0 radical (unpaired) electrons. The van der Waals surface area contributed by atoms with Crippen LogP contribution in [0.4, 0.5) is 5.69 Å². The lowest BCUT2D eigenvalue weighted by atomic mass is 9.88. The van der Waals surface area contributed by atoms with Crippen LogP contribution in [0.5, 0.6) is 0 Å². The van der Waals surface area contributed by atoms with Gasteiger partial charge in [-0.2, -0.15) is 5.10 Å². The van der Waals surface area contributed by atoms with Crippen molar-refractivity contribution in [3.8, 4) is 0 Å². The Morgan fingerprint density at radius 1 is 1.16 bits per heavy atom. The molecule has 1 atom stereocenters. The number of hydrogen-bond donors (Lipinski definition) is 1. The van der Waals surface area contributed by atoms with Crippen LogP contribution in [0.25, 0.3) is 0 Å². The van der Waals surface area contributed by atoms with Crippen molar-refractivity contribution in [2.24, 2.45) is 0 Å². The zero-order valence-corrected chi connectivity index (χ0v) is 14.8. The van der Waals surface area contributed by atoms with Crippen molar-refractivity contribution in [3.05, 3.63) is 47.8 Å². The lowest BCUT2D eigenvalue weighted by molar-refractivity contribution is -0.129. The van der Waals surface area contributed by atoms with E-state index < -0.39 is 0 Å². The van der Waals surface area contributed by atoms with Gasteiger partial charge in [-0.25, -0.2) is 0 Å². The molecule has 0 bridgehead atoms. The van der Waals surface area contributed by atoms with E-state index in [0.29, 0.717) is 18.2 Å². The van der Waals surface area contributed by atoms with E-state index in [2.05, 4.69) is 46.3 Å². The number of anilines is 1. The van der Waals surface area contributed by atoms with Crippen molar-refractivity contribution >= 4 is 11.6 Å². The van der Waals surface area contributed by atoms with E-state index in [9.17, 15) is 4.79 Å². The quantitative estimate of drug-likeness (QED) is 0.928. The van der Waals surface area contributed by atoms with Gasteiger partial charge >= 0.3 is 0 Å². The molecule has 1 amide bonds. The van der Waals surface area contributed by atoms with Crippen molar-refractivity contribution in [2.45, 2.75) is 44.6 Å². The van der Waals surface area contributed by atoms with E-state index in [4.69, 9.17) is 0 Å². The van der Waals surface area contributed by atoms with Crippen LogP contribution in [0.3, 0.4) is 0 Å². The van der Waals surface area contributed by atoms with Gasteiger partial charge < -0.3 is 9.80 Å². The van der Waals surface area contributed by atoms with Gasteiger partial charge in [-0.1, -0.05) is 24.3 Å². The zero-order valence-electron chi connectivity index (χ0n) is 14.8. The Kier molecular flexibility index (Phi) is 4.47. The maximum atomic E-state index is 11.9. The van der Waals surface area contributed by atoms with Gasteiger partial charge in [0, 0.05) is 32.3 Å². The topological polar surface area (TPSA) is 52.2 Å². The number of likely N-dealkylation sites (tertiary alicyclic amines) is 1. The second-order valence-corrected chi connectivity index (χ2v) is 7.25. The number of piperidine rings is 1. The molecule has 0 aliphatic carbocycles. The van der Waals surface area contributed by atoms with Crippen molar-refractivity contribution in [3.63, 3.8) is 0 Å². The highest BCUT2D eigenvalue weighted by Gasteiger charge is 2.26. The summed E-state index contributed by atoms with van der Waals surface area (Å²) in [4.78, 5) is 16.4. The van der Waals surface area contributed by atoms with Crippen LogP contribution in [0.15, 0.2) is 36.7 Å². The molecular formula is C20H26N4O. The molecule has 0 saturated carbocycles. The highest BCUT2D eigenvalue weighted by Crippen LogP contribution is 2.32. The number of hydrogen-bond acceptors (Lipinski definition) is 3. The molecule has 2 aliphatic rings. The Morgan fingerprint density at radius 2 is 1.92 bits per heavy atom. The van der Waals surface area contributed by atoms with Crippen LogP contribution in [-0.2, 0) is 4.79 Å². The first-order chi connectivity index (χ1) is 12.2. The van der Waals surface area contributed by atoms with Crippen LogP contribution in [0.1, 0.15) is 55.7 Å². The van der Waals surface area contributed by atoms with Crippen LogP contribution < -0.4 is 4.90 Å². The molecule has 132 valence electrons. The van der Waals surface area contributed by atoms with Gasteiger partial charge in [0.25, 0.3) is 0 Å². The normalized spacial score (nSPS) is 20.3. The molecule has 25 heavy (non-hydrogen) atoms. The summed E-state index contributed by atoms with van der Waals surface area (Å²) in [6, 6.07) is 9.16. The Hall–Kier alpha value is -2.30. The molecule has 2 fully saturated rings. The smallest absolute Gasteiger partial charge is 0.223 e. The minimum Gasteiger partial charge on any atom is -0.369 e. The van der Waals surface area contributed by atoms with E-state index in [1.807, 2.05) is 17.3 Å². The van der Waals surface area contributed by atoms with Gasteiger partial charge in [0.2, 0.25) is 5.91 Å². The molecule has 0 unspecified atom stereocenters. The Bertz CT molecular complexity index is 702. The lowest BCUT2D eigenvalue weighted by Gasteiger charge is -2.33. The Morgan fingerprint density at radius 3 is 2.52 bits per heavy atom. The van der Waals surface area contributed by atoms with Crippen LogP contribution in [0, 0.1) is 0 Å². The predicted molar refractivity (Wildman–Crippen MR) is 98.6 cm³/mol. The Balaban J connectivity index is 1.38. The van der Waals surface area contributed by atoms with E-state index in [0.717, 1.165) is 26.1 Å². The molecule has 1 N–H and O–H groups in total. The summed E-state index contributed by atoms with van der Waals surface area (Å²) >= 11 is 0. The number of aromatic amines is 1. The lowest BCUT2D eigenvalue weighted by Crippen LogP contribution is -2.32. The van der Waals surface area contributed by atoms with E-state index >= 15 is 0 Å². The highest BCUT2D eigenvalue weighted by molar-refractivity contribution is 5.78. The van der Waals surface area contributed by atoms with E-state index in [1.54, 1.807) is 0 Å². The molecule has 1 aromatic heterocycles. The highest BCUT2D eigenvalue weighted by atomic mass is 16.2. The molecule has 4 rings (SSSR count). The number of benzene rings is 1. The molecule has 0 spiro atoms. The molecule has 1 aromatic carbocycles. The SMILES string of the molecule is C[C@@H](c1ccc(C2CCN(c3cn[nH]c3)CC2)cc1)N1CCCC1=O. The minimum atomic E-state index is 0.187. The maximum absolute atomic E-state index is 11.9. The molecule has 2 saturated heterocycles. The monoisotopic (exact) mass is 338 g/mol. The van der Waals surface area contributed by atoms with E-state index in [-0.39, 0.29) is 6.04 Å². The van der Waals surface area contributed by atoms with Crippen LogP contribution in [0.2, 0.25) is 0 Å². The van der Waals surface area contributed by atoms with Crippen molar-refractivity contribution in [2.75, 3.05) is 24.5 Å². The predicted octanol–water partition coefficient (Wildman–Crippen LogP) is 3.48. The fourth-order valence-electron chi connectivity index (χ4n) is 4.19. The third kappa shape index (κ3) is 3.28. The molecule has 2 aromatic rings. The van der Waals surface area contributed by atoms with Gasteiger partial charge in [-0.3, -0.25) is 9.89 Å². The number of H-pyrrole nitrogens is 1. The van der Waals surface area contributed by atoms with Gasteiger partial charge in [0.1, 0.15) is 0 Å². The minimum absolute atomic E-state index is 0.187. The third-order valence-corrected chi connectivity index (χ3v) is 5.81. The number of rotatable bonds is 4. The summed E-state index contributed by atoms with van der Waals surface area (Å²) in [6.45, 7) is 5.19. The molecule has 5 nitrogen and oxygen atoms in total. The fraction of sp³-hybridized carbons (Fsp3) is 0.500. The number of carbonyl (C=O) groups excluding carboxylic acids is 1. The zero-order chi connectivity index (χ0) is 17.2. The van der Waals surface area contributed by atoms with Crippen molar-refractivity contribution < 1.29 is 4.79 Å². The second-order valence-electron chi connectivity index (χ2n) is 7.25. The largest absolute Gasteiger partial charge is 0.369 e. The third-order valence-electron chi connectivity index (χ3n) is 5.81. The van der Waals surface area contributed by atoms with Crippen LogP contribution in [-0.4, -0.2) is 40.6 Å². The first-order valence-corrected chi connectivity index (χ1v) is 9.35. The summed E-state index contributed by atoms with van der Waals surface area (Å²) < 4.78 is 0. The Labute approximate surface area is 149 Å². The fourth-order valence-corrected chi connectivity index (χ4v) is 4.19. The average molecular weight is 338 g/mol. The number of aromatic nitrogens is 2. The molecule has 5 heteroatoms. The summed E-state index contributed by atoms with van der Waals surface area (Å²) in [5, 5.41) is 6.94. The summed E-state index contributed by atoms with van der Waals surface area (Å²) in [7, 11) is 0. The molecule has 2 aliphatic heterocycles. The van der Waals surface area contributed by atoms with Gasteiger partial charge in [0.05, 0.1) is 17.9 Å². The van der Waals surface area contributed by atoms with Crippen molar-refractivity contribution in [1.29, 1.82) is 0 Å². The first kappa shape index (κ1) is 16.2. The molecule has 3 heterocycles. The van der Waals surface area contributed by atoms with Crippen LogP contribution >= 0.6 is 0 Å². The second kappa shape index (κ2) is 6.90. The summed E-state index contributed by atoms with van der Waals surface area (Å²) in [5.41, 5.74) is 3.86. The standard InChI is InChI=1S/C20H26N4O/c1-15(24-10-2-3-20(24)25)16-4-6-17(7-5-16)18-8-11-23(12-9-18)19-13-21-22-14-19/h4-7,13-15,18H,2-3,8-12H2,1H3,(H,21,22)/t15-/m0/s1. The summed E-state index contributed by atoms with van der Waals surface area (Å²) in [5.74, 6) is 0.920.